The summed E-state index contributed by atoms with van der Waals surface area (Å²) in [5.74, 6) is 0.171. The highest BCUT2D eigenvalue weighted by Crippen LogP contribution is 2.33. The summed E-state index contributed by atoms with van der Waals surface area (Å²) in [4.78, 5) is 12.0. The van der Waals surface area contributed by atoms with Gasteiger partial charge < -0.3 is 9.47 Å². The molecule has 0 aliphatic rings. The minimum Gasteiger partial charge on any atom is -0.477 e. The van der Waals surface area contributed by atoms with Gasteiger partial charge in [-0.3, -0.25) is 0 Å². The Morgan fingerprint density at radius 3 is 2.50 bits per heavy atom. The SMILES string of the molecule is CC(C)(C)OC(=O)COc1c(-c2ccccc2)nn2ccccc12. The molecule has 0 saturated carbocycles. The van der Waals surface area contributed by atoms with Crippen molar-refractivity contribution < 1.29 is 14.3 Å². The fourth-order valence-electron chi connectivity index (χ4n) is 2.41. The van der Waals surface area contributed by atoms with Crippen LogP contribution in [0.25, 0.3) is 16.8 Å². The number of aromatic nitrogens is 2. The van der Waals surface area contributed by atoms with Crippen LogP contribution in [0.15, 0.2) is 54.7 Å². The van der Waals surface area contributed by atoms with E-state index in [0.29, 0.717) is 11.4 Å². The van der Waals surface area contributed by atoms with E-state index in [1.54, 1.807) is 4.52 Å². The zero-order valence-electron chi connectivity index (χ0n) is 14.0. The predicted octanol–water partition coefficient (Wildman–Crippen LogP) is 3.72. The minimum absolute atomic E-state index is 0.159. The van der Waals surface area contributed by atoms with Crippen LogP contribution in [0.4, 0.5) is 0 Å². The van der Waals surface area contributed by atoms with Crippen LogP contribution in [-0.4, -0.2) is 27.8 Å². The first-order valence-corrected chi connectivity index (χ1v) is 7.81. The molecule has 24 heavy (non-hydrogen) atoms. The number of hydrogen-bond acceptors (Lipinski definition) is 4. The highest BCUT2D eigenvalue weighted by Gasteiger charge is 2.20. The second-order valence-electron chi connectivity index (χ2n) is 6.45. The lowest BCUT2D eigenvalue weighted by Crippen LogP contribution is -2.27. The van der Waals surface area contributed by atoms with Gasteiger partial charge >= 0.3 is 5.97 Å². The molecule has 0 N–H and O–H groups in total. The van der Waals surface area contributed by atoms with Crippen molar-refractivity contribution in [2.45, 2.75) is 26.4 Å². The van der Waals surface area contributed by atoms with Crippen molar-refractivity contribution in [3.05, 3.63) is 54.7 Å². The number of rotatable bonds is 4. The number of ether oxygens (including phenoxy) is 2. The third-order valence-electron chi connectivity index (χ3n) is 3.30. The van der Waals surface area contributed by atoms with Crippen molar-refractivity contribution in [2.24, 2.45) is 0 Å². The number of carbonyl (C=O) groups excluding carboxylic acids is 1. The van der Waals surface area contributed by atoms with Gasteiger partial charge in [-0.25, -0.2) is 9.31 Å². The van der Waals surface area contributed by atoms with Crippen LogP contribution >= 0.6 is 0 Å². The van der Waals surface area contributed by atoms with Crippen molar-refractivity contribution in [2.75, 3.05) is 6.61 Å². The lowest BCUT2D eigenvalue weighted by atomic mass is 10.1. The molecule has 0 aliphatic carbocycles. The normalized spacial score (nSPS) is 11.5. The van der Waals surface area contributed by atoms with Gasteiger partial charge in [0.15, 0.2) is 12.4 Å². The Morgan fingerprint density at radius 2 is 1.79 bits per heavy atom. The summed E-state index contributed by atoms with van der Waals surface area (Å²) in [6, 6.07) is 15.5. The van der Waals surface area contributed by atoms with E-state index in [1.165, 1.54) is 0 Å². The van der Waals surface area contributed by atoms with Gasteiger partial charge in [0.25, 0.3) is 0 Å². The first kappa shape index (κ1) is 16.1. The van der Waals surface area contributed by atoms with E-state index in [9.17, 15) is 4.79 Å². The largest absolute Gasteiger partial charge is 0.477 e. The number of carbonyl (C=O) groups is 1. The topological polar surface area (TPSA) is 52.8 Å². The molecular formula is C19H20N2O3. The third kappa shape index (κ3) is 3.56. The van der Waals surface area contributed by atoms with E-state index in [4.69, 9.17) is 9.47 Å². The first-order valence-electron chi connectivity index (χ1n) is 7.81. The first-order chi connectivity index (χ1) is 11.4. The van der Waals surface area contributed by atoms with Crippen molar-refractivity contribution in [3.63, 3.8) is 0 Å². The van der Waals surface area contributed by atoms with Gasteiger partial charge in [0.05, 0.1) is 0 Å². The van der Waals surface area contributed by atoms with E-state index < -0.39 is 11.6 Å². The summed E-state index contributed by atoms with van der Waals surface area (Å²) >= 11 is 0. The number of benzene rings is 1. The molecule has 5 nitrogen and oxygen atoms in total. The quantitative estimate of drug-likeness (QED) is 0.686. The Morgan fingerprint density at radius 1 is 1.08 bits per heavy atom. The molecular weight excluding hydrogens is 304 g/mol. The number of hydrogen-bond donors (Lipinski definition) is 0. The van der Waals surface area contributed by atoms with E-state index >= 15 is 0 Å². The average Bonchev–Trinajstić information content (AvgIpc) is 2.91. The van der Waals surface area contributed by atoms with Gasteiger partial charge in [0.2, 0.25) is 0 Å². The Bertz CT molecular complexity index is 848. The summed E-state index contributed by atoms with van der Waals surface area (Å²) in [7, 11) is 0. The number of pyridine rings is 1. The molecule has 0 radical (unpaired) electrons. The minimum atomic E-state index is -0.538. The maximum Gasteiger partial charge on any atom is 0.344 e. The zero-order valence-corrected chi connectivity index (χ0v) is 14.0. The van der Waals surface area contributed by atoms with Gasteiger partial charge in [-0.2, -0.15) is 5.10 Å². The smallest absolute Gasteiger partial charge is 0.344 e. The maximum atomic E-state index is 12.0. The van der Waals surface area contributed by atoms with E-state index in [0.717, 1.165) is 11.1 Å². The Hall–Kier alpha value is -2.82. The summed E-state index contributed by atoms with van der Waals surface area (Å²) in [6.45, 7) is 5.33. The molecule has 3 aromatic rings. The lowest BCUT2D eigenvalue weighted by molar-refractivity contribution is -0.157. The summed E-state index contributed by atoms with van der Waals surface area (Å²) in [6.07, 6.45) is 1.85. The molecule has 0 bridgehead atoms. The molecule has 1 aromatic carbocycles. The molecule has 0 saturated heterocycles. The zero-order chi connectivity index (χ0) is 17.2. The van der Waals surface area contributed by atoms with Crippen molar-refractivity contribution in [1.29, 1.82) is 0 Å². The van der Waals surface area contributed by atoms with E-state index in [-0.39, 0.29) is 6.61 Å². The number of nitrogens with zero attached hydrogens (tertiary/aromatic N) is 2. The van der Waals surface area contributed by atoms with Crippen LogP contribution in [0.1, 0.15) is 20.8 Å². The molecule has 2 aromatic heterocycles. The molecule has 0 unspecified atom stereocenters. The van der Waals surface area contributed by atoms with Crippen molar-refractivity contribution >= 4 is 11.5 Å². The van der Waals surface area contributed by atoms with E-state index in [1.807, 2.05) is 75.5 Å². The molecule has 124 valence electrons. The van der Waals surface area contributed by atoms with Gasteiger partial charge in [-0.1, -0.05) is 36.4 Å². The van der Waals surface area contributed by atoms with Gasteiger partial charge in [0, 0.05) is 11.8 Å². The molecule has 3 rings (SSSR count). The Balaban J connectivity index is 1.92. The Kier molecular flexibility index (Phi) is 4.25. The van der Waals surface area contributed by atoms with Crippen LogP contribution in [0, 0.1) is 0 Å². The third-order valence-corrected chi connectivity index (χ3v) is 3.30. The van der Waals surface area contributed by atoms with Crippen LogP contribution in [0.3, 0.4) is 0 Å². The fraction of sp³-hybridized carbons (Fsp3) is 0.263. The standard InChI is InChI=1S/C19H20N2O3/c1-19(2,3)24-16(22)13-23-18-15-11-7-8-12-21(15)20-17(18)14-9-5-4-6-10-14/h4-12H,13H2,1-3H3. The molecule has 0 spiro atoms. The lowest BCUT2D eigenvalue weighted by Gasteiger charge is -2.19. The van der Waals surface area contributed by atoms with Gasteiger partial charge in [-0.15, -0.1) is 0 Å². The van der Waals surface area contributed by atoms with Crippen LogP contribution < -0.4 is 4.74 Å². The molecule has 0 atom stereocenters. The summed E-state index contributed by atoms with van der Waals surface area (Å²) < 4.78 is 12.8. The van der Waals surface area contributed by atoms with Crippen LogP contribution in [0.2, 0.25) is 0 Å². The summed E-state index contributed by atoms with van der Waals surface area (Å²) in [5.41, 5.74) is 1.90. The van der Waals surface area contributed by atoms with Gasteiger partial charge in [0.1, 0.15) is 16.8 Å². The van der Waals surface area contributed by atoms with Crippen molar-refractivity contribution in [3.8, 4) is 17.0 Å². The number of esters is 1. The molecule has 0 amide bonds. The summed E-state index contributed by atoms with van der Waals surface area (Å²) in [5, 5.41) is 4.57. The fourth-order valence-corrected chi connectivity index (χ4v) is 2.41. The van der Waals surface area contributed by atoms with Crippen molar-refractivity contribution in [1.82, 2.24) is 9.61 Å². The molecule has 0 aliphatic heterocycles. The highest BCUT2D eigenvalue weighted by atomic mass is 16.6. The average molecular weight is 324 g/mol. The second kappa shape index (κ2) is 6.35. The maximum absolute atomic E-state index is 12.0. The van der Waals surface area contributed by atoms with Crippen LogP contribution in [0.5, 0.6) is 5.75 Å². The highest BCUT2D eigenvalue weighted by molar-refractivity contribution is 5.79. The Labute approximate surface area is 140 Å². The number of fused-ring (bicyclic) bond motifs is 1. The van der Waals surface area contributed by atoms with Gasteiger partial charge in [-0.05, 0) is 32.9 Å². The molecule has 2 heterocycles. The molecule has 0 fully saturated rings. The van der Waals surface area contributed by atoms with Crippen LogP contribution in [-0.2, 0) is 9.53 Å². The monoisotopic (exact) mass is 324 g/mol. The van der Waals surface area contributed by atoms with E-state index in [2.05, 4.69) is 5.10 Å². The predicted molar refractivity (Wildman–Crippen MR) is 92.0 cm³/mol. The second-order valence-corrected chi connectivity index (χ2v) is 6.45. The molecule has 5 heteroatoms.